The molecule has 2 atom stereocenters. The largest absolute Gasteiger partial charge is 0.481 e. The number of rotatable bonds is 6. The molecule has 0 aromatic heterocycles. The Morgan fingerprint density at radius 3 is 2.37 bits per heavy atom. The Hall–Kier alpha value is -1.26. The first-order chi connectivity index (χ1) is 8.84. The monoisotopic (exact) mass is 270 g/mol. The van der Waals surface area contributed by atoms with Crippen molar-refractivity contribution in [2.45, 2.75) is 46.6 Å². The van der Waals surface area contributed by atoms with Crippen LogP contribution in [0.25, 0.3) is 0 Å². The molecular weight excluding hydrogens is 244 g/mol. The molecule has 1 rings (SSSR count). The zero-order valence-corrected chi connectivity index (χ0v) is 12.3. The zero-order chi connectivity index (χ0) is 14.6. The fourth-order valence-corrected chi connectivity index (χ4v) is 2.76. The van der Waals surface area contributed by atoms with Crippen LogP contribution in [0, 0.1) is 17.8 Å². The van der Waals surface area contributed by atoms with Crippen molar-refractivity contribution in [2.75, 3.05) is 13.1 Å². The second kappa shape index (κ2) is 6.78. The number of carboxylic acids is 1. The summed E-state index contributed by atoms with van der Waals surface area (Å²) in [6.07, 6.45) is 0.581. The predicted molar refractivity (Wildman–Crippen MR) is 73.9 cm³/mol. The van der Waals surface area contributed by atoms with Gasteiger partial charge in [0.2, 0.25) is 0 Å². The average molecular weight is 270 g/mol. The van der Waals surface area contributed by atoms with Gasteiger partial charge in [0.25, 0.3) is 0 Å². The third-order valence-corrected chi connectivity index (χ3v) is 3.85. The zero-order valence-electron chi connectivity index (χ0n) is 12.3. The number of carboxylic acid groups (broad SMARTS) is 1. The van der Waals surface area contributed by atoms with Crippen molar-refractivity contribution in [3.05, 3.63) is 0 Å². The fourth-order valence-electron chi connectivity index (χ4n) is 2.76. The van der Waals surface area contributed by atoms with E-state index in [1.165, 1.54) is 0 Å². The van der Waals surface area contributed by atoms with E-state index in [1.807, 2.05) is 4.90 Å². The molecule has 0 aliphatic carbocycles. The first kappa shape index (κ1) is 15.8. The lowest BCUT2D eigenvalue weighted by Crippen LogP contribution is -2.64. The molecule has 1 fully saturated rings. The maximum atomic E-state index is 12.0. The molecule has 0 aromatic carbocycles. The van der Waals surface area contributed by atoms with Gasteiger partial charge in [0.15, 0.2) is 0 Å². The Kier molecular flexibility index (Phi) is 5.63. The van der Waals surface area contributed by atoms with Gasteiger partial charge in [-0.05, 0) is 24.2 Å². The predicted octanol–water partition coefficient (Wildman–Crippen LogP) is 2.17. The summed E-state index contributed by atoms with van der Waals surface area (Å²) in [5, 5.41) is 11.3. The van der Waals surface area contributed by atoms with Crippen LogP contribution in [0.5, 0.6) is 0 Å². The lowest BCUT2D eigenvalue weighted by Gasteiger charge is -2.52. The van der Waals surface area contributed by atoms with E-state index in [0.29, 0.717) is 36.8 Å². The number of carbonyl (C=O) groups excluding carboxylic acids is 1. The van der Waals surface area contributed by atoms with Crippen LogP contribution in [-0.4, -0.2) is 41.1 Å². The molecule has 2 amide bonds. The van der Waals surface area contributed by atoms with E-state index in [2.05, 4.69) is 33.0 Å². The number of amides is 2. The number of nitrogens with zero attached hydrogens (tertiary/aromatic N) is 1. The maximum Gasteiger partial charge on any atom is 0.317 e. The lowest BCUT2D eigenvalue weighted by molar-refractivity contribution is -0.137. The molecule has 19 heavy (non-hydrogen) atoms. The van der Waals surface area contributed by atoms with Gasteiger partial charge in [0, 0.05) is 25.6 Å². The standard InChI is InChI=1S/C14H26N2O3/c1-9(2)11-8-16(13(11)10(3)4)14(19)15-7-5-6-12(17)18/h9-11,13H,5-8H2,1-4H3,(H,15,19)(H,17,18). The number of hydrogen-bond donors (Lipinski definition) is 2. The third-order valence-electron chi connectivity index (χ3n) is 3.85. The minimum Gasteiger partial charge on any atom is -0.481 e. The van der Waals surface area contributed by atoms with Gasteiger partial charge in [-0.3, -0.25) is 4.79 Å². The van der Waals surface area contributed by atoms with E-state index < -0.39 is 5.97 Å². The van der Waals surface area contributed by atoms with Crippen LogP contribution in [0.1, 0.15) is 40.5 Å². The lowest BCUT2D eigenvalue weighted by atomic mass is 9.75. The van der Waals surface area contributed by atoms with E-state index in [0.717, 1.165) is 6.54 Å². The van der Waals surface area contributed by atoms with Crippen LogP contribution < -0.4 is 5.32 Å². The molecule has 2 N–H and O–H groups in total. The molecule has 0 bridgehead atoms. The van der Waals surface area contributed by atoms with Gasteiger partial charge in [-0.2, -0.15) is 0 Å². The highest BCUT2D eigenvalue weighted by Crippen LogP contribution is 2.35. The molecule has 5 nitrogen and oxygen atoms in total. The summed E-state index contributed by atoms with van der Waals surface area (Å²) in [5.74, 6) is 0.789. The van der Waals surface area contributed by atoms with Crippen LogP contribution in [0.15, 0.2) is 0 Å². The summed E-state index contributed by atoms with van der Waals surface area (Å²) >= 11 is 0. The summed E-state index contributed by atoms with van der Waals surface area (Å²) < 4.78 is 0. The van der Waals surface area contributed by atoms with Crippen LogP contribution in [0.4, 0.5) is 4.79 Å². The minimum atomic E-state index is -0.821. The molecule has 0 radical (unpaired) electrons. The van der Waals surface area contributed by atoms with E-state index in [4.69, 9.17) is 5.11 Å². The number of hydrogen-bond acceptors (Lipinski definition) is 2. The molecule has 1 saturated heterocycles. The van der Waals surface area contributed by atoms with Crippen molar-refractivity contribution in [2.24, 2.45) is 17.8 Å². The summed E-state index contributed by atoms with van der Waals surface area (Å²) in [6, 6.07) is 0.250. The van der Waals surface area contributed by atoms with Crippen LogP contribution in [-0.2, 0) is 4.79 Å². The number of aliphatic carboxylic acids is 1. The highest BCUT2D eigenvalue weighted by molar-refractivity contribution is 5.75. The Morgan fingerprint density at radius 1 is 1.26 bits per heavy atom. The fraction of sp³-hybridized carbons (Fsp3) is 0.857. The van der Waals surface area contributed by atoms with Crippen molar-refractivity contribution < 1.29 is 14.7 Å². The SMILES string of the molecule is CC(C)C1CN(C(=O)NCCCC(=O)O)C1C(C)C. The molecule has 110 valence electrons. The second-order valence-corrected chi connectivity index (χ2v) is 6.02. The van der Waals surface area contributed by atoms with Crippen molar-refractivity contribution in [3.8, 4) is 0 Å². The molecule has 2 unspecified atom stereocenters. The summed E-state index contributed by atoms with van der Waals surface area (Å²) in [7, 11) is 0. The molecule has 0 saturated carbocycles. The maximum absolute atomic E-state index is 12.0. The van der Waals surface area contributed by atoms with E-state index >= 15 is 0 Å². The van der Waals surface area contributed by atoms with Crippen molar-refractivity contribution in [3.63, 3.8) is 0 Å². The van der Waals surface area contributed by atoms with E-state index in [1.54, 1.807) is 0 Å². The number of urea groups is 1. The third kappa shape index (κ3) is 4.11. The van der Waals surface area contributed by atoms with Gasteiger partial charge in [-0.15, -0.1) is 0 Å². The highest BCUT2D eigenvalue weighted by Gasteiger charge is 2.44. The van der Waals surface area contributed by atoms with Crippen LogP contribution in [0.3, 0.4) is 0 Å². The number of likely N-dealkylation sites (tertiary alicyclic amines) is 1. The van der Waals surface area contributed by atoms with Gasteiger partial charge in [-0.25, -0.2) is 4.79 Å². The second-order valence-electron chi connectivity index (χ2n) is 6.02. The van der Waals surface area contributed by atoms with Gasteiger partial charge < -0.3 is 15.3 Å². The first-order valence-electron chi connectivity index (χ1n) is 7.10. The van der Waals surface area contributed by atoms with Crippen molar-refractivity contribution in [1.29, 1.82) is 0 Å². The molecule has 0 spiro atoms. The van der Waals surface area contributed by atoms with Gasteiger partial charge in [0.05, 0.1) is 0 Å². The van der Waals surface area contributed by atoms with E-state index in [9.17, 15) is 9.59 Å². The molecule has 1 aliphatic heterocycles. The van der Waals surface area contributed by atoms with Crippen LogP contribution in [0.2, 0.25) is 0 Å². The Bertz CT molecular complexity index is 329. The van der Waals surface area contributed by atoms with Gasteiger partial charge in [0.1, 0.15) is 0 Å². The van der Waals surface area contributed by atoms with E-state index in [-0.39, 0.29) is 12.5 Å². The van der Waals surface area contributed by atoms with Gasteiger partial charge in [-0.1, -0.05) is 27.7 Å². The summed E-state index contributed by atoms with van der Waals surface area (Å²) in [6.45, 7) is 9.92. The van der Waals surface area contributed by atoms with Crippen LogP contribution >= 0.6 is 0 Å². The molecule has 1 aliphatic rings. The van der Waals surface area contributed by atoms with Crippen molar-refractivity contribution >= 4 is 12.0 Å². The molecule has 1 heterocycles. The topological polar surface area (TPSA) is 69.6 Å². The van der Waals surface area contributed by atoms with Crippen molar-refractivity contribution in [1.82, 2.24) is 10.2 Å². The molecular formula is C14H26N2O3. The average Bonchev–Trinajstić information content (AvgIpc) is 2.21. The quantitative estimate of drug-likeness (QED) is 0.727. The first-order valence-corrected chi connectivity index (χ1v) is 7.10. The Labute approximate surface area is 115 Å². The minimum absolute atomic E-state index is 0.0546. The Balaban J connectivity index is 2.39. The number of carbonyl (C=O) groups is 2. The highest BCUT2D eigenvalue weighted by atomic mass is 16.4. The van der Waals surface area contributed by atoms with Gasteiger partial charge >= 0.3 is 12.0 Å². The summed E-state index contributed by atoms with van der Waals surface area (Å²) in [4.78, 5) is 24.3. The smallest absolute Gasteiger partial charge is 0.317 e. The number of nitrogens with one attached hydrogen (secondary N) is 1. The molecule has 5 heteroatoms. The molecule has 0 aromatic rings. The summed E-state index contributed by atoms with van der Waals surface area (Å²) in [5.41, 5.74) is 0. The Morgan fingerprint density at radius 2 is 1.89 bits per heavy atom. The normalized spacial score (nSPS) is 22.5.